The molecule has 2 N–H and O–H groups in total. The first-order valence-electron chi connectivity index (χ1n) is 6.17. The Kier molecular flexibility index (Phi) is 2.99. The number of hydrogen-bond donors (Lipinski definition) is 2. The molecule has 4 heteroatoms. The largest absolute Gasteiger partial charge is 0.344 e. The van der Waals surface area contributed by atoms with E-state index in [0.717, 1.165) is 37.2 Å². The molecule has 1 saturated heterocycles. The summed E-state index contributed by atoms with van der Waals surface area (Å²) in [6.45, 7) is 4.28. The van der Waals surface area contributed by atoms with E-state index in [-0.39, 0.29) is 0 Å². The average molecular weight is 247 g/mol. The van der Waals surface area contributed by atoms with Crippen LogP contribution in [0, 0.1) is 5.92 Å². The molecule has 2 aliphatic rings. The predicted octanol–water partition coefficient (Wildman–Crippen LogP) is 1.81. The molecule has 0 saturated carbocycles. The number of nitrogens with zero attached hydrogens (tertiary/aromatic N) is 1. The fraction of sp³-hybridized carbons (Fsp3) is 0.462. The molecular weight excluding hydrogens is 230 g/mol. The molecule has 1 aromatic rings. The van der Waals surface area contributed by atoms with Crippen LogP contribution in [-0.4, -0.2) is 29.6 Å². The summed E-state index contributed by atoms with van der Waals surface area (Å²) >= 11 is 5.43. The van der Waals surface area contributed by atoms with E-state index in [1.165, 1.54) is 17.7 Å². The van der Waals surface area contributed by atoms with Gasteiger partial charge in [-0.3, -0.25) is 0 Å². The standard InChI is InChI=1S/C13H17N3S/c17-13-15-12-4-2-1-3-11(12)9-16(13)8-10-5-6-14-7-10/h1-4,10,14H,5-9H2,(H,15,17)/t10-/m0/s1. The quantitative estimate of drug-likeness (QED) is 0.780. The van der Waals surface area contributed by atoms with Gasteiger partial charge in [-0.25, -0.2) is 0 Å². The summed E-state index contributed by atoms with van der Waals surface area (Å²) in [5.41, 5.74) is 2.50. The number of thiocarbonyl (C=S) groups is 1. The van der Waals surface area contributed by atoms with Crippen LogP contribution < -0.4 is 10.6 Å². The molecule has 1 aromatic carbocycles. The van der Waals surface area contributed by atoms with Gasteiger partial charge in [-0.15, -0.1) is 0 Å². The van der Waals surface area contributed by atoms with Crippen molar-refractivity contribution in [1.82, 2.24) is 10.2 Å². The Morgan fingerprint density at radius 1 is 1.35 bits per heavy atom. The molecule has 2 aliphatic heterocycles. The van der Waals surface area contributed by atoms with Crippen LogP contribution in [0.25, 0.3) is 0 Å². The van der Waals surface area contributed by atoms with Gasteiger partial charge in [-0.2, -0.15) is 0 Å². The van der Waals surface area contributed by atoms with Crippen LogP contribution in [0.1, 0.15) is 12.0 Å². The van der Waals surface area contributed by atoms with Crippen molar-refractivity contribution in [2.75, 3.05) is 25.0 Å². The molecule has 0 amide bonds. The second-order valence-corrected chi connectivity index (χ2v) is 5.21. The molecule has 3 nitrogen and oxygen atoms in total. The van der Waals surface area contributed by atoms with Crippen LogP contribution >= 0.6 is 12.2 Å². The van der Waals surface area contributed by atoms with Gasteiger partial charge in [0.1, 0.15) is 0 Å². The third-order valence-corrected chi connectivity index (χ3v) is 3.91. The summed E-state index contributed by atoms with van der Waals surface area (Å²) in [7, 11) is 0. The number of nitrogens with one attached hydrogen (secondary N) is 2. The van der Waals surface area contributed by atoms with E-state index in [1.807, 2.05) is 6.07 Å². The van der Waals surface area contributed by atoms with Crippen LogP contribution in [0.2, 0.25) is 0 Å². The van der Waals surface area contributed by atoms with E-state index in [1.54, 1.807) is 0 Å². The lowest BCUT2D eigenvalue weighted by Gasteiger charge is -2.33. The van der Waals surface area contributed by atoms with Crippen LogP contribution in [0.15, 0.2) is 24.3 Å². The Morgan fingerprint density at radius 3 is 3.06 bits per heavy atom. The van der Waals surface area contributed by atoms with Gasteiger partial charge in [0.25, 0.3) is 0 Å². The van der Waals surface area contributed by atoms with E-state index in [9.17, 15) is 0 Å². The predicted molar refractivity (Wildman–Crippen MR) is 74.0 cm³/mol. The Bertz CT molecular complexity index is 426. The minimum atomic E-state index is 0.736. The van der Waals surface area contributed by atoms with Gasteiger partial charge < -0.3 is 15.5 Å². The Labute approximate surface area is 107 Å². The number of benzene rings is 1. The van der Waals surface area contributed by atoms with Gasteiger partial charge in [0, 0.05) is 18.8 Å². The number of hydrogen-bond acceptors (Lipinski definition) is 2. The number of para-hydroxylation sites is 1. The highest BCUT2D eigenvalue weighted by Crippen LogP contribution is 2.24. The van der Waals surface area contributed by atoms with Crippen molar-refractivity contribution in [3.05, 3.63) is 29.8 Å². The van der Waals surface area contributed by atoms with E-state index in [2.05, 4.69) is 33.7 Å². The Morgan fingerprint density at radius 2 is 2.24 bits per heavy atom. The zero-order chi connectivity index (χ0) is 11.7. The first kappa shape index (κ1) is 11.0. The van der Waals surface area contributed by atoms with E-state index in [0.29, 0.717) is 0 Å². The number of fused-ring (bicyclic) bond motifs is 1. The van der Waals surface area contributed by atoms with Crippen molar-refractivity contribution in [2.24, 2.45) is 5.92 Å². The van der Waals surface area contributed by atoms with Crippen molar-refractivity contribution in [3.63, 3.8) is 0 Å². The highest BCUT2D eigenvalue weighted by Gasteiger charge is 2.23. The van der Waals surface area contributed by atoms with Crippen LogP contribution in [0.4, 0.5) is 5.69 Å². The van der Waals surface area contributed by atoms with Gasteiger partial charge in [0.05, 0.1) is 0 Å². The van der Waals surface area contributed by atoms with Crippen molar-refractivity contribution >= 4 is 23.0 Å². The van der Waals surface area contributed by atoms with E-state index < -0.39 is 0 Å². The monoisotopic (exact) mass is 247 g/mol. The third-order valence-electron chi connectivity index (χ3n) is 3.55. The van der Waals surface area contributed by atoms with E-state index in [4.69, 9.17) is 12.2 Å². The van der Waals surface area contributed by atoms with Crippen LogP contribution in [0.5, 0.6) is 0 Å². The summed E-state index contributed by atoms with van der Waals surface area (Å²) in [6, 6.07) is 8.40. The minimum Gasteiger partial charge on any atom is -0.344 e. The van der Waals surface area contributed by atoms with Crippen molar-refractivity contribution in [1.29, 1.82) is 0 Å². The molecule has 0 bridgehead atoms. The summed E-state index contributed by atoms with van der Waals surface area (Å²) < 4.78 is 0. The molecule has 3 rings (SSSR count). The van der Waals surface area contributed by atoms with Gasteiger partial charge in [0.2, 0.25) is 0 Å². The Hall–Kier alpha value is -1.13. The van der Waals surface area contributed by atoms with Crippen molar-refractivity contribution < 1.29 is 0 Å². The highest BCUT2D eigenvalue weighted by atomic mass is 32.1. The number of rotatable bonds is 2. The zero-order valence-corrected chi connectivity index (χ0v) is 10.6. The molecule has 17 heavy (non-hydrogen) atoms. The van der Waals surface area contributed by atoms with Crippen LogP contribution in [0.3, 0.4) is 0 Å². The SMILES string of the molecule is S=C1Nc2ccccc2CN1C[C@H]1CCNC1. The third kappa shape index (κ3) is 2.28. The Balaban J connectivity index is 1.72. The maximum Gasteiger partial charge on any atom is 0.173 e. The molecule has 0 spiro atoms. The molecule has 0 radical (unpaired) electrons. The molecular formula is C13H17N3S. The normalized spacial score (nSPS) is 23.4. The second-order valence-electron chi connectivity index (χ2n) is 4.83. The zero-order valence-electron chi connectivity index (χ0n) is 9.78. The van der Waals surface area contributed by atoms with Crippen molar-refractivity contribution in [2.45, 2.75) is 13.0 Å². The van der Waals surface area contributed by atoms with Crippen molar-refractivity contribution in [3.8, 4) is 0 Å². The second kappa shape index (κ2) is 4.63. The highest BCUT2D eigenvalue weighted by molar-refractivity contribution is 7.80. The van der Waals surface area contributed by atoms with Gasteiger partial charge >= 0.3 is 0 Å². The van der Waals surface area contributed by atoms with Gasteiger partial charge in [0.15, 0.2) is 5.11 Å². The fourth-order valence-electron chi connectivity index (χ4n) is 2.58. The minimum absolute atomic E-state index is 0.736. The molecule has 0 aliphatic carbocycles. The summed E-state index contributed by atoms with van der Waals surface area (Å²) in [4.78, 5) is 2.29. The lowest BCUT2D eigenvalue weighted by molar-refractivity contribution is 0.346. The smallest absolute Gasteiger partial charge is 0.173 e. The number of anilines is 1. The average Bonchev–Trinajstić information content (AvgIpc) is 2.83. The maximum atomic E-state index is 5.43. The van der Waals surface area contributed by atoms with Gasteiger partial charge in [-0.1, -0.05) is 18.2 Å². The molecule has 1 fully saturated rings. The molecule has 0 aromatic heterocycles. The summed E-state index contributed by atoms with van der Waals surface area (Å²) in [5, 5.41) is 7.60. The first-order chi connectivity index (χ1) is 8.33. The molecule has 1 atom stereocenters. The lowest BCUT2D eigenvalue weighted by atomic mass is 10.1. The van der Waals surface area contributed by atoms with E-state index >= 15 is 0 Å². The molecule has 90 valence electrons. The maximum absolute atomic E-state index is 5.43. The van der Waals surface area contributed by atoms with Gasteiger partial charge in [-0.05, 0) is 49.3 Å². The topological polar surface area (TPSA) is 27.3 Å². The summed E-state index contributed by atoms with van der Waals surface area (Å²) in [5.74, 6) is 0.736. The lowest BCUT2D eigenvalue weighted by Crippen LogP contribution is -2.41. The molecule has 0 unspecified atom stereocenters. The molecule has 2 heterocycles. The fourth-order valence-corrected chi connectivity index (χ4v) is 2.83. The summed E-state index contributed by atoms with van der Waals surface area (Å²) in [6.07, 6.45) is 1.26. The first-order valence-corrected chi connectivity index (χ1v) is 6.58. The van der Waals surface area contributed by atoms with Crippen LogP contribution in [-0.2, 0) is 6.54 Å².